The third kappa shape index (κ3) is 6.77. The molecule has 1 aromatic rings. The highest BCUT2D eigenvalue weighted by Crippen LogP contribution is 2.25. The number of nitrogens with zero attached hydrogens (tertiary/aromatic N) is 1. The topological polar surface area (TPSA) is 40.5 Å². The van der Waals surface area contributed by atoms with E-state index in [0.29, 0.717) is 0 Å². The maximum Gasteiger partial charge on any atom is 0.356 e. The van der Waals surface area contributed by atoms with Crippen LogP contribution in [0.1, 0.15) is 0 Å². The van der Waals surface area contributed by atoms with Crippen LogP contribution in [0.5, 0.6) is 0 Å². The molecule has 0 saturated heterocycles. The number of benzene rings is 1. The van der Waals surface area contributed by atoms with E-state index >= 15 is 0 Å². The Balaban J connectivity index is 0.000000293. The lowest BCUT2D eigenvalue weighted by molar-refractivity contribution is -0.135. The quantitative estimate of drug-likeness (QED) is 0.805. The standard InChI is InChI=1S/C8H11N.C2HCl3O2/c1-9(2)8-6-4-3-5-7-8;3-2(4,5)1(6)7/h3-7H,1-2H3;(H,6,7). The first kappa shape index (κ1) is 15.4. The second-order valence-corrected chi connectivity index (χ2v) is 5.31. The van der Waals surface area contributed by atoms with Gasteiger partial charge in [0.25, 0.3) is 3.79 Å². The molecule has 0 amide bonds. The molecule has 0 unspecified atom stereocenters. The van der Waals surface area contributed by atoms with Crippen molar-refractivity contribution >= 4 is 46.5 Å². The van der Waals surface area contributed by atoms with E-state index < -0.39 is 9.76 Å². The van der Waals surface area contributed by atoms with Crippen LogP contribution in [0.2, 0.25) is 0 Å². The Morgan fingerprint density at radius 1 is 1.19 bits per heavy atom. The van der Waals surface area contributed by atoms with Crippen LogP contribution in [0.4, 0.5) is 5.69 Å². The summed E-state index contributed by atoms with van der Waals surface area (Å²) in [5.41, 5.74) is 1.25. The van der Waals surface area contributed by atoms with Crippen molar-refractivity contribution in [3.63, 3.8) is 0 Å². The summed E-state index contributed by atoms with van der Waals surface area (Å²) in [6.45, 7) is 0. The first-order valence-electron chi connectivity index (χ1n) is 4.27. The van der Waals surface area contributed by atoms with Gasteiger partial charge in [0, 0.05) is 19.8 Å². The first-order chi connectivity index (χ1) is 7.25. The third-order valence-electron chi connectivity index (χ3n) is 1.52. The predicted octanol–water partition coefficient (Wildman–Crippen LogP) is 3.19. The Kier molecular flexibility index (Phi) is 6.56. The van der Waals surface area contributed by atoms with Crippen molar-refractivity contribution < 1.29 is 9.90 Å². The molecule has 0 aliphatic carbocycles. The number of para-hydroxylation sites is 1. The van der Waals surface area contributed by atoms with Gasteiger partial charge in [0.1, 0.15) is 0 Å². The molecule has 1 rings (SSSR count). The molecule has 0 radical (unpaired) electrons. The molecule has 0 saturated carbocycles. The van der Waals surface area contributed by atoms with E-state index in [4.69, 9.17) is 39.9 Å². The molecule has 0 fully saturated rings. The van der Waals surface area contributed by atoms with Crippen molar-refractivity contribution in [3.05, 3.63) is 30.3 Å². The van der Waals surface area contributed by atoms with Crippen LogP contribution in [0.15, 0.2) is 30.3 Å². The minimum Gasteiger partial charge on any atom is -0.478 e. The minimum atomic E-state index is -2.17. The van der Waals surface area contributed by atoms with Crippen LogP contribution in [0.3, 0.4) is 0 Å². The summed E-state index contributed by atoms with van der Waals surface area (Å²) in [7, 11) is 4.07. The zero-order chi connectivity index (χ0) is 12.8. The number of hydrogen-bond acceptors (Lipinski definition) is 2. The number of rotatable bonds is 1. The molecule has 1 N–H and O–H groups in total. The van der Waals surface area contributed by atoms with Gasteiger partial charge < -0.3 is 10.0 Å². The zero-order valence-corrected chi connectivity index (χ0v) is 11.1. The fraction of sp³-hybridized carbons (Fsp3) is 0.300. The van der Waals surface area contributed by atoms with Crippen molar-refractivity contribution in [1.82, 2.24) is 0 Å². The summed E-state index contributed by atoms with van der Waals surface area (Å²) in [6, 6.07) is 10.3. The number of halogens is 3. The van der Waals surface area contributed by atoms with Crippen LogP contribution in [-0.2, 0) is 4.79 Å². The van der Waals surface area contributed by atoms with Crippen LogP contribution >= 0.6 is 34.8 Å². The molecule has 0 spiro atoms. The number of carboxylic acids is 1. The Morgan fingerprint density at radius 3 is 1.75 bits per heavy atom. The summed E-state index contributed by atoms with van der Waals surface area (Å²) >= 11 is 14.4. The predicted molar refractivity (Wildman–Crippen MR) is 68.7 cm³/mol. The Bertz CT molecular complexity index is 323. The zero-order valence-electron chi connectivity index (χ0n) is 8.82. The average Bonchev–Trinajstić information content (AvgIpc) is 2.18. The van der Waals surface area contributed by atoms with Crippen molar-refractivity contribution in [1.29, 1.82) is 0 Å². The van der Waals surface area contributed by atoms with E-state index in [1.165, 1.54) is 5.69 Å². The molecule has 0 aliphatic heterocycles. The molecule has 3 nitrogen and oxygen atoms in total. The molecule has 16 heavy (non-hydrogen) atoms. The second-order valence-electron chi connectivity index (χ2n) is 3.03. The van der Waals surface area contributed by atoms with Crippen molar-refractivity contribution in [2.75, 3.05) is 19.0 Å². The molecule has 90 valence electrons. The van der Waals surface area contributed by atoms with Gasteiger partial charge in [0.15, 0.2) is 0 Å². The number of alkyl halides is 3. The summed E-state index contributed by atoms with van der Waals surface area (Å²) in [4.78, 5) is 11.7. The van der Waals surface area contributed by atoms with Crippen LogP contribution in [0.25, 0.3) is 0 Å². The molecule has 0 aliphatic rings. The molecule has 0 heterocycles. The molecule has 0 bridgehead atoms. The van der Waals surface area contributed by atoms with Crippen molar-refractivity contribution in [2.24, 2.45) is 0 Å². The van der Waals surface area contributed by atoms with Gasteiger partial charge in [-0.1, -0.05) is 53.0 Å². The molecule has 0 aromatic heterocycles. The van der Waals surface area contributed by atoms with Crippen LogP contribution < -0.4 is 4.90 Å². The lowest BCUT2D eigenvalue weighted by atomic mass is 10.3. The van der Waals surface area contributed by atoms with Gasteiger partial charge in [0.2, 0.25) is 0 Å². The number of aliphatic carboxylic acids is 1. The first-order valence-corrected chi connectivity index (χ1v) is 5.41. The summed E-state index contributed by atoms with van der Waals surface area (Å²) in [5, 5.41) is 7.85. The minimum absolute atomic E-state index is 1.25. The van der Waals surface area contributed by atoms with Gasteiger partial charge in [-0.15, -0.1) is 0 Å². The maximum atomic E-state index is 9.62. The Morgan fingerprint density at radius 2 is 1.56 bits per heavy atom. The lowest BCUT2D eigenvalue weighted by Crippen LogP contribution is -2.16. The number of hydrogen-bond donors (Lipinski definition) is 1. The summed E-state index contributed by atoms with van der Waals surface area (Å²) < 4.78 is -2.17. The Labute approximate surface area is 110 Å². The molecule has 1 aromatic carbocycles. The SMILES string of the molecule is CN(C)c1ccccc1.O=C(O)C(Cl)(Cl)Cl. The smallest absolute Gasteiger partial charge is 0.356 e. The number of anilines is 1. The van der Waals surface area contributed by atoms with E-state index in [1.807, 2.05) is 32.3 Å². The van der Waals surface area contributed by atoms with Gasteiger partial charge >= 0.3 is 5.97 Å². The van der Waals surface area contributed by atoms with Crippen molar-refractivity contribution in [3.8, 4) is 0 Å². The van der Waals surface area contributed by atoms with Gasteiger partial charge in [-0.2, -0.15) is 0 Å². The largest absolute Gasteiger partial charge is 0.478 e. The maximum absolute atomic E-state index is 9.62. The summed E-state index contributed by atoms with van der Waals surface area (Å²) in [5.74, 6) is -1.46. The normalized spacial score (nSPS) is 10.1. The van der Waals surface area contributed by atoms with E-state index in [9.17, 15) is 4.79 Å². The van der Waals surface area contributed by atoms with Gasteiger partial charge in [-0.3, -0.25) is 0 Å². The van der Waals surface area contributed by atoms with E-state index in [2.05, 4.69) is 17.0 Å². The van der Waals surface area contributed by atoms with Gasteiger partial charge in [0.05, 0.1) is 0 Å². The second kappa shape index (κ2) is 6.84. The number of carbonyl (C=O) groups is 1. The third-order valence-corrected chi connectivity index (χ3v) is 2.00. The lowest BCUT2D eigenvalue weighted by Gasteiger charge is -2.10. The highest BCUT2D eigenvalue weighted by atomic mass is 35.6. The molecular formula is C10H12Cl3NO2. The highest BCUT2D eigenvalue weighted by molar-refractivity contribution is 6.75. The average molecular weight is 285 g/mol. The van der Waals surface area contributed by atoms with Crippen LogP contribution in [-0.4, -0.2) is 29.0 Å². The fourth-order valence-electron chi connectivity index (χ4n) is 0.726. The van der Waals surface area contributed by atoms with E-state index in [0.717, 1.165) is 0 Å². The Hall–Kier alpha value is -0.640. The fourth-order valence-corrected chi connectivity index (χ4v) is 0.726. The monoisotopic (exact) mass is 283 g/mol. The van der Waals surface area contributed by atoms with E-state index in [1.54, 1.807) is 0 Å². The number of carboxylic acid groups (broad SMARTS) is 1. The molecular weight excluding hydrogens is 272 g/mol. The highest BCUT2D eigenvalue weighted by Gasteiger charge is 2.29. The van der Waals surface area contributed by atoms with E-state index in [-0.39, 0.29) is 0 Å². The molecule has 6 heteroatoms. The van der Waals surface area contributed by atoms with Crippen LogP contribution in [0, 0.1) is 0 Å². The molecule has 0 atom stereocenters. The van der Waals surface area contributed by atoms with Gasteiger partial charge in [-0.25, -0.2) is 4.79 Å². The van der Waals surface area contributed by atoms with Gasteiger partial charge in [-0.05, 0) is 12.1 Å². The van der Waals surface area contributed by atoms with Crippen molar-refractivity contribution in [2.45, 2.75) is 3.79 Å². The summed E-state index contributed by atoms with van der Waals surface area (Å²) in [6.07, 6.45) is 0.